The normalized spacial score (nSPS) is 9.47. The Kier molecular flexibility index (Phi) is 4.06. The van der Waals surface area contributed by atoms with E-state index in [1.807, 2.05) is 0 Å². The summed E-state index contributed by atoms with van der Waals surface area (Å²) in [7, 11) is 0. The zero-order valence-corrected chi connectivity index (χ0v) is 9.73. The summed E-state index contributed by atoms with van der Waals surface area (Å²) in [5.41, 5.74) is -0.967. The van der Waals surface area contributed by atoms with E-state index in [4.69, 9.17) is 5.26 Å². The summed E-state index contributed by atoms with van der Waals surface area (Å²) < 4.78 is 4.69. The summed E-state index contributed by atoms with van der Waals surface area (Å²) in [4.78, 5) is 21.7. The van der Waals surface area contributed by atoms with E-state index in [1.165, 1.54) is 12.1 Å². The number of nitro groups is 1. The number of carbonyl (C=O) groups excluding carboxylic acids is 1. The minimum atomic E-state index is -0.897. The zero-order valence-electron chi connectivity index (χ0n) is 8.84. The number of hydrogen-bond donors (Lipinski definition) is 1. The van der Waals surface area contributed by atoms with E-state index in [-0.39, 0.29) is 22.6 Å². The maximum absolute atomic E-state index is 11.6. The number of thiol groups is 1. The molecule has 1 aromatic rings. The summed E-state index contributed by atoms with van der Waals surface area (Å²) >= 11 is 3.90. The first-order chi connectivity index (χ1) is 8.02. The van der Waals surface area contributed by atoms with Crippen LogP contribution in [0.1, 0.15) is 22.8 Å². The maximum atomic E-state index is 11.6. The molecule has 1 aromatic carbocycles. The van der Waals surface area contributed by atoms with Crippen molar-refractivity contribution in [2.45, 2.75) is 11.8 Å². The number of ether oxygens (including phenoxy) is 1. The van der Waals surface area contributed by atoms with Crippen molar-refractivity contribution in [3.8, 4) is 6.07 Å². The highest BCUT2D eigenvalue weighted by molar-refractivity contribution is 7.80. The fourth-order valence-corrected chi connectivity index (χ4v) is 1.54. The first-order valence-corrected chi connectivity index (χ1v) is 5.05. The summed E-state index contributed by atoms with van der Waals surface area (Å²) in [5, 5.41) is 19.7. The van der Waals surface area contributed by atoms with E-state index < -0.39 is 16.6 Å². The molecule has 0 fully saturated rings. The van der Waals surface area contributed by atoms with Crippen molar-refractivity contribution >= 4 is 24.3 Å². The van der Waals surface area contributed by atoms with Gasteiger partial charge in [-0.1, -0.05) is 0 Å². The van der Waals surface area contributed by atoms with E-state index in [9.17, 15) is 14.9 Å². The molecule has 0 bridgehead atoms. The second kappa shape index (κ2) is 5.32. The number of hydrogen-bond acceptors (Lipinski definition) is 6. The van der Waals surface area contributed by atoms with Crippen molar-refractivity contribution in [1.29, 1.82) is 5.26 Å². The van der Waals surface area contributed by atoms with Crippen molar-refractivity contribution < 1.29 is 14.5 Å². The van der Waals surface area contributed by atoms with Crippen LogP contribution >= 0.6 is 12.6 Å². The summed E-state index contributed by atoms with van der Waals surface area (Å²) in [6.45, 7) is 1.64. The van der Waals surface area contributed by atoms with Gasteiger partial charge in [0.05, 0.1) is 22.0 Å². The lowest BCUT2D eigenvalue weighted by Gasteiger charge is -2.06. The topological polar surface area (TPSA) is 93.2 Å². The average molecular weight is 252 g/mol. The van der Waals surface area contributed by atoms with Gasteiger partial charge < -0.3 is 4.74 Å². The Morgan fingerprint density at radius 1 is 1.65 bits per heavy atom. The molecule has 0 spiro atoms. The van der Waals surface area contributed by atoms with Crippen molar-refractivity contribution in [2.75, 3.05) is 6.61 Å². The molecule has 17 heavy (non-hydrogen) atoms. The van der Waals surface area contributed by atoms with Crippen LogP contribution in [0.4, 0.5) is 5.69 Å². The molecular weight excluding hydrogens is 244 g/mol. The fourth-order valence-electron chi connectivity index (χ4n) is 1.27. The van der Waals surface area contributed by atoms with Gasteiger partial charge in [0.1, 0.15) is 6.07 Å². The highest BCUT2D eigenvalue weighted by Gasteiger charge is 2.28. The predicted octanol–water partition coefficient (Wildman–Crippen LogP) is 1.93. The number of benzene rings is 1. The quantitative estimate of drug-likeness (QED) is 0.384. The maximum Gasteiger partial charge on any atom is 0.346 e. The molecule has 7 heteroatoms. The van der Waals surface area contributed by atoms with Crippen molar-refractivity contribution in [2.24, 2.45) is 0 Å². The van der Waals surface area contributed by atoms with E-state index in [0.717, 1.165) is 0 Å². The second-order valence-corrected chi connectivity index (χ2v) is 3.43. The van der Waals surface area contributed by atoms with Crippen LogP contribution in [-0.2, 0) is 4.74 Å². The van der Waals surface area contributed by atoms with Gasteiger partial charge in [-0.05, 0) is 19.1 Å². The van der Waals surface area contributed by atoms with Crippen LogP contribution in [0.15, 0.2) is 17.0 Å². The van der Waals surface area contributed by atoms with Gasteiger partial charge in [-0.3, -0.25) is 10.1 Å². The average Bonchev–Trinajstić information content (AvgIpc) is 2.28. The lowest BCUT2D eigenvalue weighted by atomic mass is 10.1. The monoisotopic (exact) mass is 252 g/mol. The van der Waals surface area contributed by atoms with Crippen LogP contribution in [0.25, 0.3) is 0 Å². The Morgan fingerprint density at radius 3 is 2.76 bits per heavy atom. The number of esters is 1. The highest BCUT2D eigenvalue weighted by atomic mass is 32.1. The van der Waals surface area contributed by atoms with Gasteiger partial charge in [-0.25, -0.2) is 4.79 Å². The predicted molar refractivity (Wildman–Crippen MR) is 61.0 cm³/mol. The van der Waals surface area contributed by atoms with Crippen LogP contribution in [0.5, 0.6) is 0 Å². The van der Waals surface area contributed by atoms with Crippen LogP contribution in [0.2, 0.25) is 0 Å². The highest BCUT2D eigenvalue weighted by Crippen LogP contribution is 2.30. The molecule has 0 radical (unpaired) electrons. The van der Waals surface area contributed by atoms with Gasteiger partial charge in [0.15, 0.2) is 5.56 Å². The molecular formula is C10H8N2O4S. The van der Waals surface area contributed by atoms with E-state index >= 15 is 0 Å². The Balaban J connectivity index is 3.52. The van der Waals surface area contributed by atoms with Crippen LogP contribution < -0.4 is 0 Å². The SMILES string of the molecule is CCOC(=O)c1c(C#N)ccc(S)c1[N+](=O)[O-]. The van der Waals surface area contributed by atoms with Gasteiger partial charge in [0.25, 0.3) is 5.69 Å². The Hall–Kier alpha value is -2.07. The molecule has 0 saturated heterocycles. The zero-order chi connectivity index (χ0) is 13.0. The van der Waals surface area contributed by atoms with E-state index in [2.05, 4.69) is 17.4 Å². The molecule has 0 aliphatic carbocycles. The molecule has 1 rings (SSSR count). The summed E-state index contributed by atoms with van der Waals surface area (Å²) in [6, 6.07) is 4.31. The molecule has 0 heterocycles. The molecule has 0 aliphatic rings. The summed E-state index contributed by atoms with van der Waals surface area (Å²) in [5.74, 6) is -0.897. The molecule has 0 N–H and O–H groups in total. The molecule has 0 saturated carbocycles. The molecule has 0 atom stereocenters. The first kappa shape index (κ1) is 13.0. The third-order valence-corrected chi connectivity index (χ3v) is 2.30. The second-order valence-electron chi connectivity index (χ2n) is 2.95. The molecule has 6 nitrogen and oxygen atoms in total. The number of nitro benzene ring substituents is 1. The lowest BCUT2D eigenvalue weighted by Crippen LogP contribution is -2.11. The van der Waals surface area contributed by atoms with Crippen molar-refractivity contribution in [3.63, 3.8) is 0 Å². The Morgan fingerprint density at radius 2 is 2.29 bits per heavy atom. The first-order valence-electron chi connectivity index (χ1n) is 4.60. The van der Waals surface area contributed by atoms with Crippen molar-refractivity contribution in [1.82, 2.24) is 0 Å². The Labute approximate surface area is 102 Å². The number of rotatable bonds is 3. The minimum absolute atomic E-state index is 0.0112. The van der Waals surface area contributed by atoms with Gasteiger partial charge in [0.2, 0.25) is 0 Å². The largest absolute Gasteiger partial charge is 0.462 e. The third-order valence-electron chi connectivity index (χ3n) is 1.94. The van der Waals surface area contributed by atoms with Gasteiger partial charge in [0, 0.05) is 0 Å². The van der Waals surface area contributed by atoms with E-state index in [1.54, 1.807) is 13.0 Å². The van der Waals surface area contributed by atoms with E-state index in [0.29, 0.717) is 0 Å². The smallest absolute Gasteiger partial charge is 0.346 e. The number of carbonyl (C=O) groups is 1. The lowest BCUT2D eigenvalue weighted by molar-refractivity contribution is -0.388. The Bertz CT molecular complexity index is 522. The van der Waals surface area contributed by atoms with Crippen LogP contribution in [0.3, 0.4) is 0 Å². The molecule has 0 amide bonds. The number of nitrogens with zero attached hydrogens (tertiary/aromatic N) is 2. The number of nitriles is 1. The standard InChI is InChI=1S/C10H8N2O4S/c1-2-16-10(13)8-6(5-11)3-4-7(17)9(8)12(14)15/h3-4,17H,2H2,1H3. The molecule has 0 aliphatic heterocycles. The van der Waals surface area contributed by atoms with Crippen LogP contribution in [-0.4, -0.2) is 17.5 Å². The van der Waals surface area contributed by atoms with Gasteiger partial charge in [-0.15, -0.1) is 12.6 Å². The molecule has 0 unspecified atom stereocenters. The fraction of sp³-hybridized carbons (Fsp3) is 0.200. The van der Waals surface area contributed by atoms with Crippen LogP contribution in [0, 0.1) is 21.4 Å². The molecule has 0 aromatic heterocycles. The third kappa shape index (κ3) is 2.54. The minimum Gasteiger partial charge on any atom is -0.462 e. The summed E-state index contributed by atoms with van der Waals surface area (Å²) in [6.07, 6.45) is 0. The van der Waals surface area contributed by atoms with Gasteiger partial charge >= 0.3 is 5.97 Å². The van der Waals surface area contributed by atoms with Gasteiger partial charge in [-0.2, -0.15) is 5.26 Å². The van der Waals surface area contributed by atoms with Crippen molar-refractivity contribution in [3.05, 3.63) is 33.4 Å². The molecule has 88 valence electrons.